The van der Waals surface area contributed by atoms with Gasteiger partial charge >= 0.3 is 0 Å². The molecule has 0 amide bonds. The summed E-state index contributed by atoms with van der Waals surface area (Å²) < 4.78 is 0. The molecule has 3 nitrogen and oxygen atoms in total. The molecule has 1 aliphatic heterocycles. The van der Waals surface area contributed by atoms with Gasteiger partial charge in [-0.25, -0.2) is 0 Å². The van der Waals surface area contributed by atoms with E-state index in [-0.39, 0.29) is 0 Å². The normalized spacial score (nSPS) is 26.8. The first-order valence-electron chi connectivity index (χ1n) is 7.79. The number of hydrogen-bond acceptors (Lipinski definition) is 3. The van der Waals surface area contributed by atoms with E-state index in [1.54, 1.807) is 0 Å². The first-order chi connectivity index (χ1) is 9.15. The van der Waals surface area contributed by atoms with Crippen molar-refractivity contribution in [3.05, 3.63) is 0 Å². The first-order valence-corrected chi connectivity index (χ1v) is 8.77. The summed E-state index contributed by atoms with van der Waals surface area (Å²) in [7, 11) is 2.26. The van der Waals surface area contributed by atoms with Gasteiger partial charge in [-0.3, -0.25) is 4.99 Å². The van der Waals surface area contributed by atoms with Crippen LogP contribution < -0.4 is 5.32 Å². The highest BCUT2D eigenvalue weighted by Gasteiger charge is 2.21. The summed E-state index contributed by atoms with van der Waals surface area (Å²) in [4.78, 5) is 7.22. The Morgan fingerprint density at radius 1 is 1.37 bits per heavy atom. The zero-order valence-corrected chi connectivity index (χ0v) is 13.5. The minimum Gasteiger partial charge on any atom is -0.361 e. The van der Waals surface area contributed by atoms with E-state index < -0.39 is 0 Å². The lowest BCUT2D eigenvalue weighted by Crippen LogP contribution is -2.32. The van der Waals surface area contributed by atoms with Crippen molar-refractivity contribution in [2.45, 2.75) is 58.0 Å². The molecule has 0 spiro atoms. The Labute approximate surface area is 122 Å². The molecule has 2 aliphatic rings. The maximum Gasteiger partial charge on any atom is 0.156 e. The van der Waals surface area contributed by atoms with E-state index in [1.165, 1.54) is 43.0 Å². The van der Waals surface area contributed by atoms with Crippen LogP contribution in [0, 0.1) is 5.92 Å². The molecule has 1 atom stereocenters. The third-order valence-corrected chi connectivity index (χ3v) is 5.25. The average Bonchev–Trinajstić information content (AvgIpc) is 2.99. The number of likely N-dealkylation sites (N-methyl/N-ethyl adjacent to an activating group) is 1. The number of rotatable bonds is 6. The van der Waals surface area contributed by atoms with Gasteiger partial charge in [-0.15, -0.1) is 0 Å². The molecule has 0 bridgehead atoms. The van der Waals surface area contributed by atoms with Crippen LogP contribution in [0.4, 0.5) is 0 Å². The first kappa shape index (κ1) is 15.2. The van der Waals surface area contributed by atoms with Gasteiger partial charge in [0.15, 0.2) is 5.17 Å². The van der Waals surface area contributed by atoms with Crippen molar-refractivity contribution in [3.8, 4) is 0 Å². The highest BCUT2D eigenvalue weighted by Crippen LogP contribution is 2.22. The number of thioether (sulfide) groups is 1. The second kappa shape index (κ2) is 7.53. The summed E-state index contributed by atoms with van der Waals surface area (Å²) >= 11 is 1.90. The maximum absolute atomic E-state index is 4.72. The minimum atomic E-state index is 0.635. The van der Waals surface area contributed by atoms with Gasteiger partial charge in [0.05, 0.1) is 6.54 Å². The molecule has 2 fully saturated rings. The fourth-order valence-electron chi connectivity index (χ4n) is 3.06. The quantitative estimate of drug-likeness (QED) is 0.812. The summed E-state index contributed by atoms with van der Waals surface area (Å²) in [5, 5.41) is 4.73. The van der Waals surface area contributed by atoms with Gasteiger partial charge in [-0.05, 0) is 32.2 Å². The van der Waals surface area contributed by atoms with Crippen LogP contribution in [0.3, 0.4) is 0 Å². The Morgan fingerprint density at radius 2 is 2.11 bits per heavy atom. The van der Waals surface area contributed by atoms with Crippen LogP contribution in [0.25, 0.3) is 0 Å². The second-order valence-corrected chi connectivity index (χ2v) is 7.40. The fraction of sp³-hybridized carbons (Fsp3) is 0.933. The van der Waals surface area contributed by atoms with Gasteiger partial charge in [-0.1, -0.05) is 38.5 Å². The topological polar surface area (TPSA) is 27.6 Å². The van der Waals surface area contributed by atoms with Crippen LogP contribution in [0.2, 0.25) is 0 Å². The maximum atomic E-state index is 4.72. The lowest BCUT2D eigenvalue weighted by molar-refractivity contribution is 0.252. The number of nitrogens with one attached hydrogen (secondary N) is 1. The molecule has 0 radical (unpaired) electrons. The van der Waals surface area contributed by atoms with E-state index in [2.05, 4.69) is 31.1 Å². The van der Waals surface area contributed by atoms with Crippen molar-refractivity contribution in [1.82, 2.24) is 10.2 Å². The van der Waals surface area contributed by atoms with Gasteiger partial charge in [-0.2, -0.15) is 0 Å². The van der Waals surface area contributed by atoms with E-state index in [4.69, 9.17) is 4.99 Å². The van der Waals surface area contributed by atoms with Crippen LogP contribution >= 0.6 is 11.8 Å². The Balaban J connectivity index is 1.65. The van der Waals surface area contributed by atoms with E-state index in [0.29, 0.717) is 6.04 Å². The van der Waals surface area contributed by atoms with E-state index >= 15 is 0 Å². The molecule has 0 aromatic rings. The third kappa shape index (κ3) is 4.99. The molecule has 0 aromatic heterocycles. The van der Waals surface area contributed by atoms with Crippen molar-refractivity contribution in [3.63, 3.8) is 0 Å². The summed E-state index contributed by atoms with van der Waals surface area (Å²) in [6, 6.07) is 1.45. The highest BCUT2D eigenvalue weighted by atomic mass is 32.2. The smallest absolute Gasteiger partial charge is 0.156 e. The van der Waals surface area contributed by atoms with Crippen molar-refractivity contribution in [1.29, 1.82) is 0 Å². The van der Waals surface area contributed by atoms with Gasteiger partial charge in [0, 0.05) is 24.4 Å². The molecule has 1 aliphatic carbocycles. The highest BCUT2D eigenvalue weighted by molar-refractivity contribution is 8.14. The standard InChI is InChI=1S/C15H29N3S/c1-12(2)10-13-11-19-15(17-13)16-8-9-18(3)14-6-4-5-7-14/h12-14H,4-11H2,1-3H3,(H,16,17). The van der Waals surface area contributed by atoms with Crippen molar-refractivity contribution >= 4 is 16.9 Å². The number of hydrogen-bond donors (Lipinski definition) is 1. The van der Waals surface area contributed by atoms with Crippen molar-refractivity contribution in [2.75, 3.05) is 25.9 Å². The number of aliphatic imine (C=N–C) groups is 1. The molecule has 19 heavy (non-hydrogen) atoms. The van der Waals surface area contributed by atoms with Crippen LogP contribution in [-0.2, 0) is 0 Å². The van der Waals surface area contributed by atoms with Gasteiger partial charge in [0.2, 0.25) is 0 Å². The molecule has 0 aromatic carbocycles. The van der Waals surface area contributed by atoms with E-state index in [9.17, 15) is 0 Å². The second-order valence-electron chi connectivity index (χ2n) is 6.39. The lowest BCUT2D eigenvalue weighted by atomic mass is 10.1. The summed E-state index contributed by atoms with van der Waals surface area (Å²) in [6.45, 7) is 6.62. The molecule has 1 saturated carbocycles. The Hall–Kier alpha value is -0.220. The largest absolute Gasteiger partial charge is 0.361 e. The molecule has 1 saturated heterocycles. The summed E-state index contributed by atoms with van der Waals surface area (Å²) in [5.74, 6) is 1.96. The average molecular weight is 283 g/mol. The molecular formula is C15H29N3S. The summed E-state index contributed by atoms with van der Waals surface area (Å²) in [6.07, 6.45) is 6.86. The predicted octanol–water partition coefficient (Wildman–Crippen LogP) is 2.97. The van der Waals surface area contributed by atoms with Gasteiger partial charge in [0.25, 0.3) is 0 Å². The molecule has 110 valence electrons. The molecule has 1 N–H and O–H groups in total. The van der Waals surface area contributed by atoms with Gasteiger partial charge in [0.1, 0.15) is 0 Å². The molecule has 2 rings (SSSR count). The Kier molecular flexibility index (Phi) is 6.02. The van der Waals surface area contributed by atoms with Crippen molar-refractivity contribution in [2.24, 2.45) is 10.9 Å². The Bertz CT molecular complexity index is 298. The van der Waals surface area contributed by atoms with Crippen LogP contribution in [0.5, 0.6) is 0 Å². The number of amidine groups is 1. The lowest BCUT2D eigenvalue weighted by Gasteiger charge is -2.22. The predicted molar refractivity (Wildman–Crippen MR) is 86.0 cm³/mol. The minimum absolute atomic E-state index is 0.635. The molecule has 1 heterocycles. The zero-order valence-electron chi connectivity index (χ0n) is 12.7. The van der Waals surface area contributed by atoms with Crippen LogP contribution in [0.15, 0.2) is 4.99 Å². The third-order valence-electron chi connectivity index (χ3n) is 4.16. The fourth-order valence-corrected chi connectivity index (χ4v) is 4.07. The van der Waals surface area contributed by atoms with E-state index in [0.717, 1.165) is 25.0 Å². The van der Waals surface area contributed by atoms with Crippen LogP contribution in [-0.4, -0.2) is 48.0 Å². The molecule has 4 heteroatoms. The van der Waals surface area contributed by atoms with Gasteiger partial charge < -0.3 is 10.2 Å². The number of nitrogens with zero attached hydrogens (tertiary/aromatic N) is 2. The monoisotopic (exact) mass is 283 g/mol. The molecular weight excluding hydrogens is 254 g/mol. The molecule has 1 unspecified atom stereocenters. The van der Waals surface area contributed by atoms with E-state index in [1.807, 2.05) is 11.8 Å². The summed E-state index contributed by atoms with van der Waals surface area (Å²) in [5.41, 5.74) is 0. The zero-order chi connectivity index (χ0) is 13.7. The SMILES string of the molecule is CC(C)CC1CSC(=NCCN(C)C2CCCC2)N1. The van der Waals surface area contributed by atoms with Crippen molar-refractivity contribution < 1.29 is 0 Å². The van der Waals surface area contributed by atoms with Crippen LogP contribution in [0.1, 0.15) is 46.0 Å². The Morgan fingerprint density at radius 3 is 2.79 bits per heavy atom.